The second kappa shape index (κ2) is 4.64. The van der Waals surface area contributed by atoms with Crippen molar-refractivity contribution in [2.24, 2.45) is 0 Å². The molecule has 0 unspecified atom stereocenters. The van der Waals surface area contributed by atoms with Gasteiger partial charge in [-0.05, 0) is 17.7 Å². The molecular weight excluding hydrogens is 245 g/mol. The quantitative estimate of drug-likeness (QED) is 0.825. The summed E-state index contributed by atoms with van der Waals surface area (Å²) in [6.07, 6.45) is -1.52. The van der Waals surface area contributed by atoms with Crippen molar-refractivity contribution >= 4 is 0 Å². The minimum atomic E-state index is -4.36. The Balaban J connectivity index is 2.38. The number of ether oxygens (including phenoxy) is 1. The Morgan fingerprint density at radius 2 is 1.72 bits per heavy atom. The van der Waals surface area contributed by atoms with Crippen LogP contribution in [0.15, 0.2) is 36.7 Å². The minimum absolute atomic E-state index is 0.172. The van der Waals surface area contributed by atoms with Crippen LogP contribution in [0.2, 0.25) is 0 Å². The molecule has 0 saturated heterocycles. The van der Waals surface area contributed by atoms with Crippen LogP contribution >= 0.6 is 0 Å². The predicted octanol–water partition coefficient (Wildman–Crippen LogP) is 3.17. The number of hydrogen-bond donors (Lipinski definition) is 0. The molecule has 0 bridgehead atoms. The Morgan fingerprint density at radius 3 is 2.28 bits per heavy atom. The molecule has 1 heterocycles. The van der Waals surface area contributed by atoms with Crippen LogP contribution in [-0.4, -0.2) is 17.1 Å². The fourth-order valence-corrected chi connectivity index (χ4v) is 1.45. The molecule has 0 N–H and O–H groups in total. The summed E-state index contributed by atoms with van der Waals surface area (Å²) in [5, 5.41) is 0. The second-order valence-corrected chi connectivity index (χ2v) is 3.54. The van der Waals surface area contributed by atoms with Gasteiger partial charge in [-0.2, -0.15) is 13.2 Å². The number of hydrogen-bond acceptors (Lipinski definition) is 3. The van der Waals surface area contributed by atoms with Crippen LogP contribution in [0.5, 0.6) is 6.01 Å². The summed E-state index contributed by atoms with van der Waals surface area (Å²) >= 11 is 0. The van der Waals surface area contributed by atoms with Crippen LogP contribution in [0.25, 0.3) is 11.1 Å². The van der Waals surface area contributed by atoms with Crippen molar-refractivity contribution in [3.05, 3.63) is 42.2 Å². The predicted molar refractivity (Wildman–Crippen MR) is 59.0 cm³/mol. The lowest BCUT2D eigenvalue weighted by Gasteiger charge is -2.08. The number of nitrogens with zero attached hydrogens (tertiary/aromatic N) is 2. The molecule has 2 rings (SSSR count). The Hall–Kier alpha value is -2.11. The summed E-state index contributed by atoms with van der Waals surface area (Å²) < 4.78 is 42.4. The number of rotatable bonds is 2. The highest BCUT2D eigenvalue weighted by Gasteiger charge is 2.30. The van der Waals surface area contributed by atoms with Gasteiger partial charge < -0.3 is 4.74 Å². The molecule has 0 aliphatic rings. The van der Waals surface area contributed by atoms with E-state index in [2.05, 4.69) is 9.97 Å². The summed E-state index contributed by atoms with van der Waals surface area (Å²) in [6.45, 7) is 0. The van der Waals surface area contributed by atoms with E-state index in [1.807, 2.05) is 0 Å². The van der Waals surface area contributed by atoms with Crippen molar-refractivity contribution in [1.82, 2.24) is 9.97 Å². The van der Waals surface area contributed by atoms with E-state index in [-0.39, 0.29) is 6.01 Å². The van der Waals surface area contributed by atoms with E-state index in [0.29, 0.717) is 11.1 Å². The van der Waals surface area contributed by atoms with Gasteiger partial charge in [0.25, 0.3) is 0 Å². The van der Waals surface area contributed by atoms with Gasteiger partial charge in [0, 0.05) is 18.0 Å². The molecule has 2 aromatic rings. The maximum absolute atomic E-state index is 12.6. The van der Waals surface area contributed by atoms with Crippen LogP contribution in [-0.2, 0) is 6.18 Å². The molecule has 1 aromatic heterocycles. The van der Waals surface area contributed by atoms with Gasteiger partial charge >= 0.3 is 12.2 Å². The molecule has 0 saturated carbocycles. The molecular formula is C12H9F3N2O. The maximum Gasteiger partial charge on any atom is 0.416 e. The van der Waals surface area contributed by atoms with Gasteiger partial charge in [-0.1, -0.05) is 12.1 Å². The first-order valence-electron chi connectivity index (χ1n) is 5.04. The zero-order valence-corrected chi connectivity index (χ0v) is 9.40. The van der Waals surface area contributed by atoms with Crippen molar-refractivity contribution in [3.8, 4) is 17.1 Å². The molecule has 0 fully saturated rings. The van der Waals surface area contributed by atoms with Gasteiger partial charge in [-0.15, -0.1) is 0 Å². The van der Waals surface area contributed by atoms with Crippen LogP contribution in [0.4, 0.5) is 13.2 Å². The second-order valence-electron chi connectivity index (χ2n) is 3.54. The first kappa shape index (κ1) is 12.3. The van der Waals surface area contributed by atoms with Gasteiger partial charge in [0.2, 0.25) is 0 Å². The molecule has 0 atom stereocenters. The van der Waals surface area contributed by atoms with Gasteiger partial charge in [0.1, 0.15) is 0 Å². The van der Waals surface area contributed by atoms with E-state index in [9.17, 15) is 13.2 Å². The molecule has 0 spiro atoms. The SMILES string of the molecule is COc1ncc(-c2cccc(C(F)(F)F)c2)cn1. The van der Waals surface area contributed by atoms with Crippen molar-refractivity contribution < 1.29 is 17.9 Å². The van der Waals surface area contributed by atoms with E-state index in [4.69, 9.17) is 4.74 Å². The molecule has 94 valence electrons. The van der Waals surface area contributed by atoms with E-state index >= 15 is 0 Å². The highest BCUT2D eigenvalue weighted by Crippen LogP contribution is 2.31. The normalized spacial score (nSPS) is 11.3. The molecule has 1 aromatic carbocycles. The van der Waals surface area contributed by atoms with E-state index in [1.54, 1.807) is 6.07 Å². The fourth-order valence-electron chi connectivity index (χ4n) is 1.45. The van der Waals surface area contributed by atoms with Gasteiger partial charge in [-0.25, -0.2) is 9.97 Å². The smallest absolute Gasteiger partial charge is 0.416 e. The summed E-state index contributed by atoms with van der Waals surface area (Å²) in [5.41, 5.74) is 0.213. The van der Waals surface area contributed by atoms with Crippen molar-refractivity contribution in [3.63, 3.8) is 0 Å². The zero-order chi connectivity index (χ0) is 13.2. The maximum atomic E-state index is 12.6. The Bertz CT molecular complexity index is 538. The average molecular weight is 254 g/mol. The zero-order valence-electron chi connectivity index (χ0n) is 9.40. The van der Waals surface area contributed by atoms with Crippen LogP contribution < -0.4 is 4.74 Å². The van der Waals surface area contributed by atoms with E-state index in [1.165, 1.54) is 25.6 Å². The van der Waals surface area contributed by atoms with Crippen LogP contribution in [0.1, 0.15) is 5.56 Å². The topological polar surface area (TPSA) is 35.0 Å². The summed E-state index contributed by atoms with van der Waals surface area (Å²) in [5.74, 6) is 0. The summed E-state index contributed by atoms with van der Waals surface area (Å²) in [7, 11) is 1.42. The number of benzene rings is 1. The summed E-state index contributed by atoms with van der Waals surface area (Å²) in [4.78, 5) is 7.70. The lowest BCUT2D eigenvalue weighted by Crippen LogP contribution is -2.04. The number of alkyl halides is 3. The lowest BCUT2D eigenvalue weighted by molar-refractivity contribution is -0.137. The number of aromatic nitrogens is 2. The van der Waals surface area contributed by atoms with Gasteiger partial charge in [0.05, 0.1) is 12.7 Å². The van der Waals surface area contributed by atoms with E-state index < -0.39 is 11.7 Å². The van der Waals surface area contributed by atoms with Crippen molar-refractivity contribution in [2.45, 2.75) is 6.18 Å². The fraction of sp³-hybridized carbons (Fsp3) is 0.167. The van der Waals surface area contributed by atoms with Crippen LogP contribution in [0.3, 0.4) is 0 Å². The van der Waals surface area contributed by atoms with Crippen molar-refractivity contribution in [2.75, 3.05) is 7.11 Å². The molecule has 3 nitrogen and oxygen atoms in total. The number of methoxy groups -OCH3 is 1. The Kier molecular flexibility index (Phi) is 3.18. The third-order valence-electron chi connectivity index (χ3n) is 2.33. The molecule has 0 radical (unpaired) electrons. The summed E-state index contributed by atoms with van der Waals surface area (Å²) in [6, 6.07) is 5.17. The highest BCUT2D eigenvalue weighted by molar-refractivity contribution is 5.62. The molecule has 0 amide bonds. The third-order valence-corrected chi connectivity index (χ3v) is 2.33. The van der Waals surface area contributed by atoms with Crippen LogP contribution in [0, 0.1) is 0 Å². The molecule has 18 heavy (non-hydrogen) atoms. The molecule has 6 heteroatoms. The standard InChI is InChI=1S/C12H9F3N2O/c1-18-11-16-6-9(7-17-11)8-3-2-4-10(5-8)12(13,14)15/h2-7H,1H3. The molecule has 0 aliphatic carbocycles. The Labute approximate surface area is 101 Å². The third kappa shape index (κ3) is 2.58. The van der Waals surface area contributed by atoms with E-state index in [0.717, 1.165) is 12.1 Å². The average Bonchev–Trinajstić information content (AvgIpc) is 2.38. The van der Waals surface area contributed by atoms with Crippen molar-refractivity contribution in [1.29, 1.82) is 0 Å². The lowest BCUT2D eigenvalue weighted by atomic mass is 10.1. The largest absolute Gasteiger partial charge is 0.467 e. The number of halogens is 3. The van der Waals surface area contributed by atoms with Gasteiger partial charge in [-0.3, -0.25) is 0 Å². The molecule has 0 aliphatic heterocycles. The Morgan fingerprint density at radius 1 is 1.06 bits per heavy atom. The monoisotopic (exact) mass is 254 g/mol. The van der Waals surface area contributed by atoms with Gasteiger partial charge in [0.15, 0.2) is 0 Å². The minimum Gasteiger partial charge on any atom is -0.467 e. The first-order valence-corrected chi connectivity index (χ1v) is 5.04. The highest BCUT2D eigenvalue weighted by atomic mass is 19.4. The first-order chi connectivity index (χ1) is 8.50.